The standard InChI is InChI=1S/C14H19N3OS/c1-11-6-2-3-7-12(11)19-10-13-16-14(18-17-13)8-4-5-9-15/h2-3,6-7H,4-5,8-10,15H2,1H3. The molecule has 1 aromatic heterocycles. The number of hydrogen-bond donors (Lipinski definition) is 1. The second kappa shape index (κ2) is 7.31. The zero-order chi connectivity index (χ0) is 13.5. The van der Waals surface area contributed by atoms with Crippen LogP contribution in [-0.4, -0.2) is 16.7 Å². The Morgan fingerprint density at radius 2 is 2.11 bits per heavy atom. The van der Waals surface area contributed by atoms with Gasteiger partial charge in [-0.1, -0.05) is 23.4 Å². The molecule has 0 atom stereocenters. The van der Waals surface area contributed by atoms with E-state index in [4.69, 9.17) is 10.3 Å². The number of thioether (sulfide) groups is 1. The minimum absolute atomic E-state index is 0.712. The van der Waals surface area contributed by atoms with Gasteiger partial charge in [0.1, 0.15) is 0 Å². The molecule has 1 heterocycles. The SMILES string of the molecule is Cc1ccccc1SCc1noc(CCCCN)n1. The molecule has 5 heteroatoms. The quantitative estimate of drug-likeness (QED) is 0.622. The Hall–Kier alpha value is -1.33. The molecule has 2 N–H and O–H groups in total. The molecule has 0 bridgehead atoms. The van der Waals surface area contributed by atoms with Gasteiger partial charge in [-0.05, 0) is 37.9 Å². The van der Waals surface area contributed by atoms with Gasteiger partial charge >= 0.3 is 0 Å². The van der Waals surface area contributed by atoms with Crippen LogP contribution in [0.2, 0.25) is 0 Å². The number of aromatic nitrogens is 2. The number of rotatable bonds is 7. The van der Waals surface area contributed by atoms with Crippen LogP contribution in [0.25, 0.3) is 0 Å². The highest BCUT2D eigenvalue weighted by Gasteiger charge is 2.07. The van der Waals surface area contributed by atoms with Gasteiger partial charge in [0.25, 0.3) is 0 Å². The van der Waals surface area contributed by atoms with E-state index < -0.39 is 0 Å². The lowest BCUT2D eigenvalue weighted by atomic mass is 10.2. The summed E-state index contributed by atoms with van der Waals surface area (Å²) in [5.41, 5.74) is 6.73. The summed E-state index contributed by atoms with van der Waals surface area (Å²) >= 11 is 1.74. The van der Waals surface area contributed by atoms with Gasteiger partial charge in [-0.15, -0.1) is 11.8 Å². The van der Waals surface area contributed by atoms with E-state index in [1.807, 2.05) is 12.1 Å². The van der Waals surface area contributed by atoms with Crippen molar-refractivity contribution in [2.75, 3.05) is 6.54 Å². The Morgan fingerprint density at radius 3 is 2.89 bits per heavy atom. The van der Waals surface area contributed by atoms with Gasteiger partial charge in [-0.25, -0.2) is 0 Å². The first-order valence-electron chi connectivity index (χ1n) is 6.49. The van der Waals surface area contributed by atoms with E-state index in [1.165, 1.54) is 10.5 Å². The van der Waals surface area contributed by atoms with Crippen LogP contribution >= 0.6 is 11.8 Å². The fraction of sp³-hybridized carbons (Fsp3) is 0.429. The maximum absolute atomic E-state index is 5.45. The molecule has 4 nitrogen and oxygen atoms in total. The van der Waals surface area contributed by atoms with Crippen molar-refractivity contribution in [1.29, 1.82) is 0 Å². The molecule has 2 aromatic rings. The molecule has 0 spiro atoms. The normalized spacial score (nSPS) is 10.8. The third-order valence-corrected chi connectivity index (χ3v) is 3.98. The summed E-state index contributed by atoms with van der Waals surface area (Å²) in [6, 6.07) is 8.31. The maximum atomic E-state index is 5.45. The van der Waals surface area contributed by atoms with Crippen LogP contribution in [0.4, 0.5) is 0 Å². The molecule has 102 valence electrons. The van der Waals surface area contributed by atoms with Gasteiger partial charge in [0.15, 0.2) is 5.82 Å². The summed E-state index contributed by atoms with van der Waals surface area (Å²) in [5, 5.41) is 4.00. The monoisotopic (exact) mass is 277 g/mol. The summed E-state index contributed by atoms with van der Waals surface area (Å²) in [5.74, 6) is 2.22. The lowest BCUT2D eigenvalue weighted by Crippen LogP contribution is -1.99. The van der Waals surface area contributed by atoms with Crippen LogP contribution in [0.1, 0.15) is 30.1 Å². The number of hydrogen-bond acceptors (Lipinski definition) is 5. The molecule has 0 saturated heterocycles. The molecule has 0 fully saturated rings. The molecule has 19 heavy (non-hydrogen) atoms. The van der Waals surface area contributed by atoms with Gasteiger partial charge in [0.2, 0.25) is 5.89 Å². The van der Waals surface area contributed by atoms with Crippen molar-refractivity contribution in [2.24, 2.45) is 5.73 Å². The van der Waals surface area contributed by atoms with Crippen molar-refractivity contribution in [3.8, 4) is 0 Å². The first-order valence-corrected chi connectivity index (χ1v) is 7.48. The molecule has 0 radical (unpaired) electrons. The number of nitrogens with two attached hydrogens (primary N) is 1. The van der Waals surface area contributed by atoms with Gasteiger partial charge in [0, 0.05) is 11.3 Å². The van der Waals surface area contributed by atoms with Crippen LogP contribution in [0.3, 0.4) is 0 Å². The lowest BCUT2D eigenvalue weighted by Gasteiger charge is -2.01. The van der Waals surface area contributed by atoms with Crippen molar-refractivity contribution in [3.05, 3.63) is 41.5 Å². The topological polar surface area (TPSA) is 64.9 Å². The average molecular weight is 277 g/mol. The van der Waals surface area contributed by atoms with E-state index in [0.717, 1.165) is 30.8 Å². The number of nitrogens with zero attached hydrogens (tertiary/aromatic N) is 2. The summed E-state index contributed by atoms with van der Waals surface area (Å²) < 4.78 is 5.21. The Morgan fingerprint density at radius 1 is 1.26 bits per heavy atom. The zero-order valence-electron chi connectivity index (χ0n) is 11.1. The predicted octanol–water partition coefficient (Wildman–Crippen LogP) is 2.95. The Balaban J connectivity index is 1.85. The van der Waals surface area contributed by atoms with E-state index in [1.54, 1.807) is 11.8 Å². The summed E-state index contributed by atoms with van der Waals surface area (Å²) in [6.45, 7) is 2.82. The molecular formula is C14H19N3OS. The highest BCUT2D eigenvalue weighted by molar-refractivity contribution is 7.98. The van der Waals surface area contributed by atoms with E-state index in [0.29, 0.717) is 12.4 Å². The molecule has 1 aromatic carbocycles. The zero-order valence-corrected chi connectivity index (χ0v) is 11.9. The van der Waals surface area contributed by atoms with Gasteiger partial charge in [0.05, 0.1) is 5.75 Å². The molecule has 0 saturated carbocycles. The van der Waals surface area contributed by atoms with Gasteiger partial charge in [-0.3, -0.25) is 0 Å². The summed E-state index contributed by atoms with van der Waals surface area (Å²) in [7, 11) is 0. The molecule has 0 amide bonds. The van der Waals surface area contributed by atoms with Crippen LogP contribution in [0.5, 0.6) is 0 Å². The second-order valence-electron chi connectivity index (χ2n) is 4.40. The first-order chi connectivity index (χ1) is 9.29. The van der Waals surface area contributed by atoms with Crippen molar-refractivity contribution < 1.29 is 4.52 Å². The number of aryl methyl sites for hydroxylation is 2. The molecule has 0 aliphatic rings. The van der Waals surface area contributed by atoms with Crippen molar-refractivity contribution in [3.63, 3.8) is 0 Å². The molecule has 2 rings (SSSR count). The van der Waals surface area contributed by atoms with Crippen LogP contribution in [-0.2, 0) is 12.2 Å². The molecule has 0 aliphatic carbocycles. The average Bonchev–Trinajstić information content (AvgIpc) is 2.86. The molecular weight excluding hydrogens is 258 g/mol. The minimum Gasteiger partial charge on any atom is -0.339 e. The van der Waals surface area contributed by atoms with E-state index >= 15 is 0 Å². The Kier molecular flexibility index (Phi) is 5.42. The maximum Gasteiger partial charge on any atom is 0.226 e. The minimum atomic E-state index is 0.712. The third-order valence-electron chi connectivity index (χ3n) is 2.81. The van der Waals surface area contributed by atoms with Gasteiger partial charge in [-0.2, -0.15) is 4.98 Å². The predicted molar refractivity (Wildman–Crippen MR) is 77.0 cm³/mol. The van der Waals surface area contributed by atoms with Crippen molar-refractivity contribution in [1.82, 2.24) is 10.1 Å². The van der Waals surface area contributed by atoms with E-state index in [9.17, 15) is 0 Å². The number of unbranched alkanes of at least 4 members (excludes halogenated alkanes) is 1. The van der Waals surface area contributed by atoms with Crippen molar-refractivity contribution in [2.45, 2.75) is 36.8 Å². The van der Waals surface area contributed by atoms with Crippen LogP contribution in [0, 0.1) is 6.92 Å². The van der Waals surface area contributed by atoms with Gasteiger partial charge < -0.3 is 10.3 Å². The smallest absolute Gasteiger partial charge is 0.226 e. The fourth-order valence-corrected chi connectivity index (χ4v) is 2.60. The lowest BCUT2D eigenvalue weighted by molar-refractivity contribution is 0.371. The van der Waals surface area contributed by atoms with Crippen molar-refractivity contribution >= 4 is 11.8 Å². The summed E-state index contributed by atoms with van der Waals surface area (Å²) in [6.07, 6.45) is 2.82. The van der Waals surface area contributed by atoms with E-state index in [-0.39, 0.29) is 0 Å². The second-order valence-corrected chi connectivity index (χ2v) is 5.42. The fourth-order valence-electron chi connectivity index (χ4n) is 1.73. The number of benzene rings is 1. The highest BCUT2D eigenvalue weighted by Crippen LogP contribution is 2.24. The Bertz CT molecular complexity index is 513. The Labute approximate surface area is 117 Å². The first kappa shape index (κ1) is 14.1. The van der Waals surface area contributed by atoms with Crippen LogP contribution < -0.4 is 5.73 Å². The molecule has 0 unspecified atom stereocenters. The van der Waals surface area contributed by atoms with E-state index in [2.05, 4.69) is 29.2 Å². The van der Waals surface area contributed by atoms with Crippen LogP contribution in [0.15, 0.2) is 33.7 Å². The molecule has 0 aliphatic heterocycles. The summed E-state index contributed by atoms with van der Waals surface area (Å²) in [4.78, 5) is 5.65. The third kappa shape index (κ3) is 4.36. The largest absolute Gasteiger partial charge is 0.339 e. The highest BCUT2D eigenvalue weighted by atomic mass is 32.2.